The number of carbonyl (C=O) groups is 3. The van der Waals surface area contributed by atoms with Gasteiger partial charge in [0.05, 0.1) is 12.0 Å². The molecule has 1 aliphatic rings. The predicted octanol–water partition coefficient (Wildman–Crippen LogP) is 4.55. The van der Waals surface area contributed by atoms with E-state index in [4.69, 9.17) is 9.47 Å². The van der Waals surface area contributed by atoms with Gasteiger partial charge in [-0.2, -0.15) is 0 Å². The van der Waals surface area contributed by atoms with Gasteiger partial charge in [-0.05, 0) is 61.0 Å². The Hall–Kier alpha value is -3.26. The van der Waals surface area contributed by atoms with Crippen LogP contribution in [0.25, 0.3) is 6.08 Å². The molecular weight excluding hydrogens is 416 g/mol. The molecule has 1 aliphatic heterocycles. The fourth-order valence-corrected chi connectivity index (χ4v) is 3.88. The quantitative estimate of drug-likeness (QED) is 0.607. The third kappa shape index (κ3) is 5.46. The van der Waals surface area contributed by atoms with Crippen LogP contribution < -0.4 is 14.8 Å². The van der Waals surface area contributed by atoms with Crippen molar-refractivity contribution in [1.82, 2.24) is 4.90 Å². The Bertz CT molecular complexity index is 1010. The number of rotatable bonds is 8. The first-order chi connectivity index (χ1) is 14.9. The molecule has 1 atom stereocenters. The number of imide groups is 1. The van der Waals surface area contributed by atoms with E-state index in [1.807, 2.05) is 32.0 Å². The first-order valence-electron chi connectivity index (χ1n) is 9.85. The second-order valence-corrected chi connectivity index (χ2v) is 7.92. The predicted molar refractivity (Wildman–Crippen MR) is 121 cm³/mol. The standard InChI is InChI=1S/C23H24N2O5S/c1-4-15(2)25-22(27)20(31-23(25)28)13-16-10-11-18(19(12-16)29-3)30-14-21(26)24-17-8-6-5-7-9-17/h5-13,15H,4,14H2,1-3H3,(H,24,26)/b20-13+/t15-/m1/s1. The number of methoxy groups -OCH3 is 1. The van der Waals surface area contributed by atoms with Crippen molar-refractivity contribution < 1.29 is 23.9 Å². The van der Waals surface area contributed by atoms with Crippen LogP contribution in [-0.4, -0.2) is 41.7 Å². The van der Waals surface area contributed by atoms with Crippen molar-refractivity contribution in [3.63, 3.8) is 0 Å². The van der Waals surface area contributed by atoms with E-state index in [9.17, 15) is 14.4 Å². The van der Waals surface area contributed by atoms with Crippen molar-refractivity contribution in [3.8, 4) is 11.5 Å². The highest BCUT2D eigenvalue weighted by molar-refractivity contribution is 8.18. The Morgan fingerprint density at radius 3 is 2.58 bits per heavy atom. The number of para-hydroxylation sites is 1. The van der Waals surface area contributed by atoms with Gasteiger partial charge in [0, 0.05) is 11.7 Å². The highest BCUT2D eigenvalue weighted by atomic mass is 32.2. The van der Waals surface area contributed by atoms with Gasteiger partial charge in [0.2, 0.25) is 0 Å². The van der Waals surface area contributed by atoms with Gasteiger partial charge in [0.25, 0.3) is 17.1 Å². The first kappa shape index (κ1) is 22.4. The Morgan fingerprint density at radius 2 is 1.90 bits per heavy atom. The van der Waals surface area contributed by atoms with Gasteiger partial charge in [0.15, 0.2) is 18.1 Å². The van der Waals surface area contributed by atoms with Gasteiger partial charge in [-0.25, -0.2) is 0 Å². The van der Waals surface area contributed by atoms with Crippen LogP contribution in [0.15, 0.2) is 53.4 Å². The summed E-state index contributed by atoms with van der Waals surface area (Å²) in [4.78, 5) is 38.5. The monoisotopic (exact) mass is 440 g/mol. The largest absolute Gasteiger partial charge is 0.493 e. The molecule has 0 spiro atoms. The molecule has 3 rings (SSSR count). The molecule has 0 aliphatic carbocycles. The fourth-order valence-electron chi connectivity index (χ4n) is 2.95. The van der Waals surface area contributed by atoms with Gasteiger partial charge in [-0.3, -0.25) is 19.3 Å². The van der Waals surface area contributed by atoms with Crippen molar-refractivity contribution in [2.45, 2.75) is 26.3 Å². The molecule has 8 heteroatoms. The van der Waals surface area contributed by atoms with Crippen LogP contribution in [0.2, 0.25) is 0 Å². The smallest absolute Gasteiger partial charge is 0.293 e. The number of ether oxygens (including phenoxy) is 2. The van der Waals surface area contributed by atoms with Crippen LogP contribution in [0.3, 0.4) is 0 Å². The Kier molecular flexibility index (Phi) is 7.36. The maximum Gasteiger partial charge on any atom is 0.293 e. The zero-order valence-electron chi connectivity index (χ0n) is 17.6. The summed E-state index contributed by atoms with van der Waals surface area (Å²) >= 11 is 0.927. The van der Waals surface area contributed by atoms with E-state index in [-0.39, 0.29) is 29.7 Å². The molecule has 1 N–H and O–H groups in total. The van der Waals surface area contributed by atoms with Crippen molar-refractivity contribution in [1.29, 1.82) is 0 Å². The van der Waals surface area contributed by atoms with Crippen LogP contribution in [0, 0.1) is 0 Å². The van der Waals surface area contributed by atoms with Crippen molar-refractivity contribution in [2.24, 2.45) is 0 Å². The Labute approximate surface area is 185 Å². The number of nitrogens with zero attached hydrogens (tertiary/aromatic N) is 1. The van der Waals surface area contributed by atoms with Crippen LogP contribution in [0.5, 0.6) is 11.5 Å². The van der Waals surface area contributed by atoms with Crippen molar-refractivity contribution in [2.75, 3.05) is 19.0 Å². The number of benzene rings is 2. The van der Waals surface area contributed by atoms with Crippen LogP contribution in [-0.2, 0) is 9.59 Å². The number of amides is 3. The highest BCUT2D eigenvalue weighted by Gasteiger charge is 2.37. The third-order valence-electron chi connectivity index (χ3n) is 4.76. The lowest BCUT2D eigenvalue weighted by molar-refractivity contribution is -0.124. The van der Waals surface area contributed by atoms with Crippen LogP contribution >= 0.6 is 11.8 Å². The van der Waals surface area contributed by atoms with E-state index >= 15 is 0 Å². The van der Waals surface area contributed by atoms with E-state index in [1.165, 1.54) is 12.0 Å². The fraction of sp³-hybridized carbons (Fsp3) is 0.261. The molecule has 0 bridgehead atoms. The van der Waals surface area contributed by atoms with Crippen molar-refractivity contribution in [3.05, 3.63) is 59.0 Å². The zero-order valence-corrected chi connectivity index (χ0v) is 18.4. The first-order valence-corrected chi connectivity index (χ1v) is 10.7. The molecule has 7 nitrogen and oxygen atoms in total. The molecular formula is C23H24N2O5S. The normalized spacial score (nSPS) is 15.8. The van der Waals surface area contributed by atoms with E-state index < -0.39 is 0 Å². The molecule has 162 valence electrons. The Balaban J connectivity index is 1.69. The molecule has 0 aromatic heterocycles. The van der Waals surface area contributed by atoms with Gasteiger partial charge in [0.1, 0.15) is 0 Å². The second kappa shape index (κ2) is 10.2. The van der Waals surface area contributed by atoms with Gasteiger partial charge < -0.3 is 14.8 Å². The molecule has 2 aromatic rings. The number of thioether (sulfide) groups is 1. The summed E-state index contributed by atoms with van der Waals surface area (Å²) in [5, 5.41) is 2.48. The minimum atomic E-state index is -0.295. The summed E-state index contributed by atoms with van der Waals surface area (Å²) in [7, 11) is 1.49. The van der Waals surface area contributed by atoms with Gasteiger partial charge in [-0.15, -0.1) is 0 Å². The van der Waals surface area contributed by atoms with Crippen LogP contribution in [0.4, 0.5) is 10.5 Å². The van der Waals surface area contributed by atoms with Gasteiger partial charge in [-0.1, -0.05) is 31.2 Å². The SMILES string of the molecule is CC[C@@H](C)N1C(=O)S/C(=C/c2ccc(OCC(=O)Nc3ccccc3)c(OC)c2)C1=O. The van der Waals surface area contributed by atoms with E-state index in [1.54, 1.807) is 36.4 Å². The average Bonchev–Trinajstić information content (AvgIpc) is 3.05. The molecule has 1 heterocycles. The number of anilines is 1. The summed E-state index contributed by atoms with van der Waals surface area (Å²) < 4.78 is 11.0. The topological polar surface area (TPSA) is 84.9 Å². The van der Waals surface area contributed by atoms with E-state index in [2.05, 4.69) is 5.32 Å². The minimum absolute atomic E-state index is 0.147. The molecule has 0 saturated carbocycles. The summed E-state index contributed by atoms with van der Waals surface area (Å²) in [5.41, 5.74) is 1.37. The third-order valence-corrected chi connectivity index (χ3v) is 5.64. The lowest BCUT2D eigenvalue weighted by Crippen LogP contribution is -2.36. The molecule has 2 aromatic carbocycles. The molecule has 31 heavy (non-hydrogen) atoms. The maximum absolute atomic E-state index is 12.6. The van der Waals surface area contributed by atoms with Crippen LogP contribution in [0.1, 0.15) is 25.8 Å². The second-order valence-electron chi connectivity index (χ2n) is 6.92. The highest BCUT2D eigenvalue weighted by Crippen LogP contribution is 2.35. The summed E-state index contributed by atoms with van der Waals surface area (Å²) in [6, 6.07) is 14.1. The van der Waals surface area contributed by atoms with Crippen molar-refractivity contribution >= 4 is 40.6 Å². The van der Waals surface area contributed by atoms with E-state index in [0.717, 1.165) is 11.8 Å². The molecule has 1 fully saturated rings. The molecule has 1 saturated heterocycles. The molecule has 0 radical (unpaired) electrons. The number of hydrogen-bond donors (Lipinski definition) is 1. The molecule has 0 unspecified atom stereocenters. The molecule has 3 amide bonds. The Morgan fingerprint density at radius 1 is 1.16 bits per heavy atom. The average molecular weight is 441 g/mol. The number of carbonyl (C=O) groups excluding carboxylic acids is 3. The zero-order chi connectivity index (χ0) is 22.4. The summed E-state index contributed by atoms with van der Waals surface area (Å²) in [6.45, 7) is 3.60. The lowest BCUT2D eigenvalue weighted by Gasteiger charge is -2.19. The summed E-state index contributed by atoms with van der Waals surface area (Å²) in [6.07, 6.45) is 2.35. The summed E-state index contributed by atoms with van der Waals surface area (Å²) in [5.74, 6) is 0.232. The number of nitrogens with one attached hydrogen (secondary N) is 1. The minimum Gasteiger partial charge on any atom is -0.493 e. The maximum atomic E-state index is 12.6. The lowest BCUT2D eigenvalue weighted by atomic mass is 10.1. The number of hydrogen-bond acceptors (Lipinski definition) is 6. The van der Waals surface area contributed by atoms with Gasteiger partial charge >= 0.3 is 0 Å². The van der Waals surface area contributed by atoms with E-state index in [0.29, 0.717) is 34.1 Å².